The molecule has 0 radical (unpaired) electrons. The van der Waals surface area contributed by atoms with Crippen LogP contribution in [-0.2, 0) is 9.53 Å². The van der Waals surface area contributed by atoms with E-state index in [1.54, 1.807) is 0 Å². The Hall–Kier alpha value is -0.530. The van der Waals surface area contributed by atoms with E-state index >= 15 is 0 Å². The quantitative estimate of drug-likeness (QED) is 0.672. The van der Waals surface area contributed by atoms with Crippen molar-refractivity contribution in [2.45, 2.75) is 40.5 Å². The van der Waals surface area contributed by atoms with Gasteiger partial charge in [0.1, 0.15) is 0 Å². The maximum atomic E-state index is 11.5. The van der Waals surface area contributed by atoms with Gasteiger partial charge in [-0.2, -0.15) is 0 Å². The number of carbonyl (C=O) groups excluding carboxylic acids is 1. The molecule has 15 heavy (non-hydrogen) atoms. The van der Waals surface area contributed by atoms with Crippen LogP contribution in [0, 0.1) is 29.6 Å². The van der Waals surface area contributed by atoms with E-state index in [-0.39, 0.29) is 11.9 Å². The molecule has 3 atom stereocenters. The Kier molecular flexibility index (Phi) is 4.18. The van der Waals surface area contributed by atoms with Crippen LogP contribution in [0.1, 0.15) is 40.5 Å². The van der Waals surface area contributed by atoms with Crippen LogP contribution in [0.2, 0.25) is 0 Å². The fourth-order valence-corrected chi connectivity index (χ4v) is 3.00. The van der Waals surface area contributed by atoms with E-state index in [1.165, 1.54) is 7.11 Å². The number of esters is 1. The zero-order valence-corrected chi connectivity index (χ0v) is 10.6. The molecule has 0 aliphatic heterocycles. The fraction of sp³-hybridized carbons (Fsp3) is 0.923. The molecule has 0 saturated heterocycles. The van der Waals surface area contributed by atoms with Gasteiger partial charge in [0.25, 0.3) is 0 Å². The molecule has 88 valence electrons. The maximum Gasteiger partial charge on any atom is 0.308 e. The first-order valence-corrected chi connectivity index (χ1v) is 6.05. The number of ether oxygens (including phenoxy) is 1. The zero-order chi connectivity index (χ0) is 11.6. The van der Waals surface area contributed by atoms with E-state index in [0.29, 0.717) is 23.7 Å². The second-order valence-corrected chi connectivity index (χ2v) is 5.51. The third kappa shape index (κ3) is 2.73. The lowest BCUT2D eigenvalue weighted by Crippen LogP contribution is -2.18. The molecule has 0 aromatic heterocycles. The predicted molar refractivity (Wildman–Crippen MR) is 61.4 cm³/mol. The summed E-state index contributed by atoms with van der Waals surface area (Å²) in [5, 5.41) is 0. The Balaban J connectivity index is 2.69. The maximum absolute atomic E-state index is 11.5. The van der Waals surface area contributed by atoms with Crippen LogP contribution in [0.3, 0.4) is 0 Å². The van der Waals surface area contributed by atoms with Crippen molar-refractivity contribution in [1.82, 2.24) is 0 Å². The van der Waals surface area contributed by atoms with Gasteiger partial charge in [0.15, 0.2) is 0 Å². The van der Waals surface area contributed by atoms with Crippen LogP contribution in [0.4, 0.5) is 0 Å². The van der Waals surface area contributed by atoms with Crippen molar-refractivity contribution >= 4 is 5.97 Å². The molecular weight excluding hydrogens is 188 g/mol. The van der Waals surface area contributed by atoms with Crippen molar-refractivity contribution in [1.29, 1.82) is 0 Å². The summed E-state index contributed by atoms with van der Waals surface area (Å²) in [4.78, 5) is 11.5. The van der Waals surface area contributed by atoms with E-state index in [2.05, 4.69) is 27.7 Å². The monoisotopic (exact) mass is 212 g/mol. The lowest BCUT2D eigenvalue weighted by molar-refractivity contribution is -0.145. The first kappa shape index (κ1) is 12.5. The highest BCUT2D eigenvalue weighted by atomic mass is 16.5. The summed E-state index contributed by atoms with van der Waals surface area (Å²) in [5.41, 5.74) is 0. The van der Waals surface area contributed by atoms with Crippen molar-refractivity contribution in [2.75, 3.05) is 7.11 Å². The fourth-order valence-electron chi connectivity index (χ4n) is 3.00. The Morgan fingerprint density at radius 1 is 1.07 bits per heavy atom. The molecular formula is C13H24O2. The van der Waals surface area contributed by atoms with Crippen molar-refractivity contribution in [2.24, 2.45) is 29.6 Å². The topological polar surface area (TPSA) is 26.3 Å². The molecule has 1 aliphatic carbocycles. The van der Waals surface area contributed by atoms with Gasteiger partial charge in [-0.25, -0.2) is 0 Å². The molecule has 0 bridgehead atoms. The zero-order valence-electron chi connectivity index (χ0n) is 10.6. The molecule has 0 N–H and O–H groups in total. The molecule has 1 fully saturated rings. The molecule has 1 rings (SSSR count). The molecule has 1 aliphatic rings. The Labute approximate surface area is 93.4 Å². The van der Waals surface area contributed by atoms with Gasteiger partial charge in [0.05, 0.1) is 13.0 Å². The number of hydrogen-bond donors (Lipinski definition) is 0. The second kappa shape index (κ2) is 5.00. The van der Waals surface area contributed by atoms with E-state index in [1.807, 2.05) is 0 Å². The molecule has 0 spiro atoms. The third-order valence-corrected chi connectivity index (χ3v) is 3.91. The average Bonchev–Trinajstić information content (AvgIpc) is 2.61. The normalized spacial score (nSPS) is 31.3. The van der Waals surface area contributed by atoms with Gasteiger partial charge in [-0.1, -0.05) is 27.7 Å². The van der Waals surface area contributed by atoms with Crippen LogP contribution in [0.25, 0.3) is 0 Å². The van der Waals surface area contributed by atoms with Crippen LogP contribution in [0.5, 0.6) is 0 Å². The summed E-state index contributed by atoms with van der Waals surface area (Å²) in [6.45, 7) is 9.05. The lowest BCUT2D eigenvalue weighted by atomic mass is 9.80. The van der Waals surface area contributed by atoms with Gasteiger partial charge in [-0.3, -0.25) is 4.79 Å². The third-order valence-electron chi connectivity index (χ3n) is 3.91. The molecule has 0 aromatic rings. The Morgan fingerprint density at radius 2 is 1.47 bits per heavy atom. The van der Waals surface area contributed by atoms with E-state index < -0.39 is 0 Å². The molecule has 2 heteroatoms. The number of hydrogen-bond acceptors (Lipinski definition) is 2. The predicted octanol–water partition coefficient (Wildman–Crippen LogP) is 3.11. The van der Waals surface area contributed by atoms with E-state index in [0.717, 1.165) is 12.8 Å². The number of rotatable bonds is 3. The number of methoxy groups -OCH3 is 1. The summed E-state index contributed by atoms with van der Waals surface area (Å²) in [5.74, 6) is 2.86. The van der Waals surface area contributed by atoms with E-state index in [9.17, 15) is 4.79 Å². The highest BCUT2D eigenvalue weighted by Gasteiger charge is 2.40. The molecule has 0 heterocycles. The average molecular weight is 212 g/mol. The first-order chi connectivity index (χ1) is 6.97. The van der Waals surface area contributed by atoms with Gasteiger partial charge in [-0.15, -0.1) is 0 Å². The van der Waals surface area contributed by atoms with Crippen LogP contribution >= 0.6 is 0 Å². The Morgan fingerprint density at radius 3 is 1.73 bits per heavy atom. The van der Waals surface area contributed by atoms with Crippen molar-refractivity contribution < 1.29 is 9.53 Å². The summed E-state index contributed by atoms with van der Waals surface area (Å²) in [6, 6.07) is 0. The SMILES string of the molecule is COC(=O)C1C[C@H](C(C)C)[C@H](C(C)C)C1. The van der Waals surface area contributed by atoms with Crippen molar-refractivity contribution in [3.05, 3.63) is 0 Å². The van der Waals surface area contributed by atoms with Crippen molar-refractivity contribution in [3.8, 4) is 0 Å². The van der Waals surface area contributed by atoms with Crippen LogP contribution in [0.15, 0.2) is 0 Å². The van der Waals surface area contributed by atoms with Gasteiger partial charge >= 0.3 is 5.97 Å². The highest BCUT2D eigenvalue weighted by molar-refractivity contribution is 5.72. The molecule has 1 unspecified atom stereocenters. The van der Waals surface area contributed by atoms with Gasteiger partial charge in [0, 0.05) is 0 Å². The summed E-state index contributed by atoms with van der Waals surface area (Å²) >= 11 is 0. The smallest absolute Gasteiger partial charge is 0.308 e. The van der Waals surface area contributed by atoms with Crippen LogP contribution < -0.4 is 0 Å². The molecule has 0 aromatic carbocycles. The lowest BCUT2D eigenvalue weighted by Gasteiger charge is -2.25. The molecule has 0 amide bonds. The van der Waals surface area contributed by atoms with Gasteiger partial charge in [-0.05, 0) is 36.5 Å². The standard InChI is InChI=1S/C13H24O2/c1-8(2)11-6-10(13(14)15-5)7-12(11)9(3)4/h8-12H,6-7H2,1-5H3/t10?,11-,12+. The van der Waals surface area contributed by atoms with Crippen molar-refractivity contribution in [3.63, 3.8) is 0 Å². The second-order valence-electron chi connectivity index (χ2n) is 5.51. The minimum absolute atomic E-state index is 0.0104. The first-order valence-electron chi connectivity index (χ1n) is 6.05. The van der Waals surface area contributed by atoms with Crippen LogP contribution in [-0.4, -0.2) is 13.1 Å². The minimum Gasteiger partial charge on any atom is -0.469 e. The minimum atomic E-state index is -0.0104. The Bertz CT molecular complexity index is 205. The van der Waals surface area contributed by atoms with Gasteiger partial charge in [0.2, 0.25) is 0 Å². The summed E-state index contributed by atoms with van der Waals surface area (Å²) in [7, 11) is 1.50. The van der Waals surface area contributed by atoms with Gasteiger partial charge < -0.3 is 4.74 Å². The van der Waals surface area contributed by atoms with E-state index in [4.69, 9.17) is 4.74 Å². The largest absolute Gasteiger partial charge is 0.469 e. The molecule has 2 nitrogen and oxygen atoms in total. The molecule has 1 saturated carbocycles. The summed E-state index contributed by atoms with van der Waals surface area (Å²) < 4.78 is 4.85. The summed E-state index contributed by atoms with van der Waals surface area (Å²) in [6.07, 6.45) is 2.04. The highest BCUT2D eigenvalue weighted by Crippen LogP contribution is 2.44. The number of carbonyl (C=O) groups is 1.